The van der Waals surface area contributed by atoms with Crippen molar-refractivity contribution in [3.8, 4) is 0 Å². The molecule has 0 aromatic heterocycles. The minimum Gasteiger partial charge on any atom is -0.444 e. The van der Waals surface area contributed by atoms with E-state index < -0.39 is 5.60 Å². The highest BCUT2D eigenvalue weighted by molar-refractivity contribution is 5.68. The summed E-state index contributed by atoms with van der Waals surface area (Å²) in [4.78, 5) is 14.1. The molecule has 2 aliphatic rings. The first-order valence-electron chi connectivity index (χ1n) is 8.82. The average molecular weight is 315 g/mol. The fourth-order valence-electron chi connectivity index (χ4n) is 4.15. The average Bonchev–Trinajstić information content (AvgIpc) is 2.44. The second-order valence-corrected chi connectivity index (χ2v) is 8.43. The summed E-state index contributed by atoms with van der Waals surface area (Å²) in [5, 5.41) is 0. The van der Waals surface area contributed by atoms with Gasteiger partial charge in [-0.3, -0.25) is 0 Å². The summed E-state index contributed by atoms with van der Waals surface area (Å²) in [6, 6.07) is 8.76. The molecule has 0 N–H and O–H groups in total. The summed E-state index contributed by atoms with van der Waals surface area (Å²) in [5.74, 6) is 0.712. The summed E-state index contributed by atoms with van der Waals surface area (Å²) in [6.07, 6.45) is 4.64. The number of rotatable bonds is 1. The maximum atomic E-state index is 12.2. The standard InChI is InChI=1S/C20H29NO2/c1-15-7-5-6-8-17(15)16-13-20(14-16)9-11-21(12-10-20)18(22)23-19(2,3)4/h5-8,16H,9-14H2,1-4H3. The fourth-order valence-corrected chi connectivity index (χ4v) is 4.15. The highest BCUT2D eigenvalue weighted by atomic mass is 16.6. The number of carbonyl (C=O) groups is 1. The van der Waals surface area contributed by atoms with Gasteiger partial charge in [-0.1, -0.05) is 24.3 Å². The molecule has 1 aromatic carbocycles. The number of likely N-dealkylation sites (tertiary alicyclic amines) is 1. The maximum absolute atomic E-state index is 12.2. The molecule has 1 saturated carbocycles. The Labute approximate surface area is 140 Å². The topological polar surface area (TPSA) is 29.5 Å². The molecule has 1 aliphatic carbocycles. The third-order valence-corrected chi connectivity index (χ3v) is 5.46. The molecule has 23 heavy (non-hydrogen) atoms. The van der Waals surface area contributed by atoms with Gasteiger partial charge in [0.05, 0.1) is 0 Å². The molecule has 126 valence electrons. The number of nitrogens with zero attached hydrogens (tertiary/aromatic N) is 1. The normalized spacial score (nSPS) is 21.1. The van der Waals surface area contributed by atoms with Crippen LogP contribution in [0.5, 0.6) is 0 Å². The number of piperidine rings is 1. The molecular formula is C20H29NO2. The zero-order chi connectivity index (χ0) is 16.7. The number of hydrogen-bond acceptors (Lipinski definition) is 2. The first-order chi connectivity index (χ1) is 10.8. The minimum atomic E-state index is -0.404. The molecule has 1 aliphatic heterocycles. The van der Waals surface area contributed by atoms with E-state index in [4.69, 9.17) is 4.74 Å². The third-order valence-electron chi connectivity index (χ3n) is 5.46. The summed E-state index contributed by atoms with van der Waals surface area (Å²) < 4.78 is 5.49. The Morgan fingerprint density at radius 2 is 1.78 bits per heavy atom. The monoisotopic (exact) mass is 315 g/mol. The molecule has 1 saturated heterocycles. The van der Waals surface area contributed by atoms with Crippen molar-refractivity contribution in [3.63, 3.8) is 0 Å². The quantitative estimate of drug-likeness (QED) is 0.738. The van der Waals surface area contributed by atoms with Crippen LogP contribution in [0.1, 0.15) is 63.5 Å². The van der Waals surface area contributed by atoms with Crippen LogP contribution >= 0.6 is 0 Å². The Morgan fingerprint density at radius 3 is 2.35 bits per heavy atom. The fraction of sp³-hybridized carbons (Fsp3) is 0.650. The molecule has 3 heteroatoms. The maximum Gasteiger partial charge on any atom is 0.410 e. The molecule has 0 unspecified atom stereocenters. The third kappa shape index (κ3) is 3.54. The van der Waals surface area contributed by atoms with Crippen molar-refractivity contribution in [2.75, 3.05) is 13.1 Å². The van der Waals surface area contributed by atoms with Crippen molar-refractivity contribution >= 4 is 6.09 Å². The van der Waals surface area contributed by atoms with E-state index in [1.807, 2.05) is 25.7 Å². The van der Waals surface area contributed by atoms with E-state index in [0.29, 0.717) is 11.3 Å². The largest absolute Gasteiger partial charge is 0.444 e. The minimum absolute atomic E-state index is 0.151. The van der Waals surface area contributed by atoms with E-state index in [1.54, 1.807) is 0 Å². The summed E-state index contributed by atoms with van der Waals surface area (Å²) in [6.45, 7) is 9.68. The van der Waals surface area contributed by atoms with Crippen LogP contribution in [0.3, 0.4) is 0 Å². The molecule has 1 aromatic rings. The van der Waals surface area contributed by atoms with Gasteiger partial charge < -0.3 is 9.64 Å². The van der Waals surface area contributed by atoms with E-state index in [0.717, 1.165) is 25.9 Å². The summed E-state index contributed by atoms with van der Waals surface area (Å²) in [7, 11) is 0. The van der Waals surface area contributed by atoms with Gasteiger partial charge in [0, 0.05) is 13.1 Å². The van der Waals surface area contributed by atoms with Crippen molar-refractivity contribution in [2.24, 2.45) is 5.41 Å². The van der Waals surface area contributed by atoms with Gasteiger partial charge in [0.1, 0.15) is 5.60 Å². The molecule has 1 amide bonds. The number of benzene rings is 1. The van der Waals surface area contributed by atoms with Crippen LogP contribution in [0.15, 0.2) is 24.3 Å². The first kappa shape index (κ1) is 16.4. The Hall–Kier alpha value is -1.51. The van der Waals surface area contributed by atoms with Gasteiger partial charge in [-0.05, 0) is 75.8 Å². The summed E-state index contributed by atoms with van der Waals surface area (Å²) >= 11 is 0. The van der Waals surface area contributed by atoms with E-state index in [2.05, 4.69) is 31.2 Å². The lowest BCUT2D eigenvalue weighted by atomic mass is 9.55. The SMILES string of the molecule is Cc1ccccc1C1CC2(CCN(C(=O)OC(C)(C)C)CC2)C1. The Morgan fingerprint density at radius 1 is 1.17 bits per heavy atom. The van der Waals surface area contributed by atoms with Crippen molar-refractivity contribution in [1.29, 1.82) is 0 Å². The molecule has 0 atom stereocenters. The van der Waals surface area contributed by atoms with Gasteiger partial charge in [-0.2, -0.15) is 0 Å². The molecule has 1 spiro atoms. The number of aryl methyl sites for hydroxylation is 1. The highest BCUT2D eigenvalue weighted by Gasteiger charge is 2.47. The lowest BCUT2D eigenvalue weighted by Crippen LogP contribution is -2.49. The number of hydrogen-bond donors (Lipinski definition) is 0. The molecule has 1 heterocycles. The van der Waals surface area contributed by atoms with Crippen molar-refractivity contribution in [3.05, 3.63) is 35.4 Å². The Kier molecular flexibility index (Phi) is 4.16. The number of carbonyl (C=O) groups excluding carboxylic acids is 1. The zero-order valence-electron chi connectivity index (χ0n) is 14.9. The molecule has 3 rings (SSSR count). The number of ether oxygens (including phenoxy) is 1. The van der Waals surface area contributed by atoms with Crippen LogP contribution in [0.2, 0.25) is 0 Å². The van der Waals surface area contributed by atoms with E-state index in [1.165, 1.54) is 24.0 Å². The molecule has 3 nitrogen and oxygen atoms in total. The second-order valence-electron chi connectivity index (χ2n) is 8.43. The zero-order valence-corrected chi connectivity index (χ0v) is 14.9. The lowest BCUT2D eigenvalue weighted by molar-refractivity contribution is -0.0121. The molecule has 0 bridgehead atoms. The molecule has 2 fully saturated rings. The van der Waals surface area contributed by atoms with Crippen LogP contribution in [0, 0.1) is 12.3 Å². The van der Waals surface area contributed by atoms with Crippen LogP contribution in [-0.2, 0) is 4.74 Å². The van der Waals surface area contributed by atoms with E-state index in [9.17, 15) is 4.79 Å². The highest BCUT2D eigenvalue weighted by Crippen LogP contribution is 2.57. The second kappa shape index (κ2) is 5.85. The Balaban J connectivity index is 1.53. The van der Waals surface area contributed by atoms with Crippen molar-refractivity contribution in [1.82, 2.24) is 4.90 Å². The van der Waals surface area contributed by atoms with Gasteiger partial charge >= 0.3 is 6.09 Å². The molecular weight excluding hydrogens is 286 g/mol. The van der Waals surface area contributed by atoms with Crippen LogP contribution < -0.4 is 0 Å². The van der Waals surface area contributed by atoms with Gasteiger partial charge in [0.25, 0.3) is 0 Å². The smallest absolute Gasteiger partial charge is 0.410 e. The van der Waals surface area contributed by atoms with Gasteiger partial charge in [-0.15, -0.1) is 0 Å². The van der Waals surface area contributed by atoms with Crippen LogP contribution in [0.4, 0.5) is 4.79 Å². The predicted molar refractivity (Wildman–Crippen MR) is 92.6 cm³/mol. The van der Waals surface area contributed by atoms with Gasteiger partial charge in [0.2, 0.25) is 0 Å². The predicted octanol–water partition coefficient (Wildman–Crippen LogP) is 4.89. The van der Waals surface area contributed by atoms with Gasteiger partial charge in [-0.25, -0.2) is 4.79 Å². The number of amides is 1. The van der Waals surface area contributed by atoms with E-state index in [-0.39, 0.29) is 6.09 Å². The first-order valence-corrected chi connectivity index (χ1v) is 8.82. The summed E-state index contributed by atoms with van der Waals surface area (Å²) in [5.41, 5.74) is 3.00. The lowest BCUT2D eigenvalue weighted by Gasteiger charge is -2.52. The Bertz CT molecular complexity index is 572. The van der Waals surface area contributed by atoms with E-state index >= 15 is 0 Å². The van der Waals surface area contributed by atoms with Crippen molar-refractivity contribution < 1.29 is 9.53 Å². The van der Waals surface area contributed by atoms with Crippen molar-refractivity contribution in [2.45, 2.75) is 64.9 Å². The molecule has 0 radical (unpaired) electrons. The van der Waals surface area contributed by atoms with Gasteiger partial charge in [0.15, 0.2) is 0 Å². The van der Waals surface area contributed by atoms with Crippen LogP contribution in [-0.4, -0.2) is 29.7 Å². The van der Waals surface area contributed by atoms with Crippen LogP contribution in [0.25, 0.3) is 0 Å².